The molecule has 0 radical (unpaired) electrons. The van der Waals surface area contributed by atoms with Crippen molar-refractivity contribution in [3.05, 3.63) is 0 Å². The van der Waals surface area contributed by atoms with Gasteiger partial charge >= 0.3 is 5.97 Å². The summed E-state index contributed by atoms with van der Waals surface area (Å²) in [6.45, 7) is 2.27. The van der Waals surface area contributed by atoms with Gasteiger partial charge in [0.15, 0.2) is 0 Å². The van der Waals surface area contributed by atoms with E-state index in [9.17, 15) is 9.90 Å². The average molecular weight is 390 g/mol. The standard InChI is InChI=1S/C22H45NO3.H2O/c1-4-5-6-7-8-9-10-11-12-13-14-15-16-17-18-20(24)19-21(22(25)26)23(2)3;/h20-21,24H,4-19H2,1-3H3,(H,25,26);1H2. The Morgan fingerprint density at radius 1 is 0.778 bits per heavy atom. The van der Waals surface area contributed by atoms with Crippen LogP contribution in [0.3, 0.4) is 0 Å². The number of rotatable bonds is 19. The van der Waals surface area contributed by atoms with E-state index in [0.29, 0.717) is 6.42 Å². The van der Waals surface area contributed by atoms with Gasteiger partial charge in [-0.05, 0) is 26.9 Å². The highest BCUT2D eigenvalue weighted by atomic mass is 16.4. The number of aliphatic carboxylic acids is 1. The smallest absolute Gasteiger partial charge is 0.320 e. The van der Waals surface area contributed by atoms with Gasteiger partial charge in [0.05, 0.1) is 6.10 Å². The zero-order valence-corrected chi connectivity index (χ0v) is 18.2. The molecule has 2 unspecified atom stereocenters. The summed E-state index contributed by atoms with van der Waals surface area (Å²) in [6, 6.07) is -0.586. The fourth-order valence-corrected chi connectivity index (χ4v) is 3.48. The Bertz CT molecular complexity index is 323. The summed E-state index contributed by atoms with van der Waals surface area (Å²) < 4.78 is 0. The van der Waals surface area contributed by atoms with Gasteiger partial charge in [-0.2, -0.15) is 0 Å². The number of carboxylic acids is 1. The summed E-state index contributed by atoms with van der Waals surface area (Å²) in [6.07, 6.45) is 19.1. The predicted molar refractivity (Wildman–Crippen MR) is 114 cm³/mol. The number of hydrogen-bond acceptors (Lipinski definition) is 3. The van der Waals surface area contributed by atoms with Crippen molar-refractivity contribution in [1.29, 1.82) is 0 Å². The number of hydrogen-bond donors (Lipinski definition) is 2. The molecule has 0 aromatic heterocycles. The maximum absolute atomic E-state index is 11.1. The lowest BCUT2D eigenvalue weighted by Gasteiger charge is -2.22. The zero-order valence-electron chi connectivity index (χ0n) is 18.2. The first kappa shape index (κ1) is 28.6. The monoisotopic (exact) mass is 389 g/mol. The van der Waals surface area contributed by atoms with E-state index in [4.69, 9.17) is 5.11 Å². The van der Waals surface area contributed by atoms with Gasteiger partial charge in [0, 0.05) is 0 Å². The zero-order chi connectivity index (χ0) is 19.6. The minimum atomic E-state index is -0.852. The third-order valence-electron chi connectivity index (χ3n) is 5.29. The van der Waals surface area contributed by atoms with Crippen molar-refractivity contribution in [3.8, 4) is 0 Å². The molecular formula is C22H47NO4. The Balaban J connectivity index is 0. The van der Waals surface area contributed by atoms with E-state index in [-0.39, 0.29) is 5.48 Å². The molecule has 0 amide bonds. The van der Waals surface area contributed by atoms with Gasteiger partial charge in [0.1, 0.15) is 6.04 Å². The first-order chi connectivity index (χ1) is 12.5. The summed E-state index contributed by atoms with van der Waals surface area (Å²) >= 11 is 0. The largest absolute Gasteiger partial charge is 0.480 e. The molecule has 0 fully saturated rings. The maximum Gasteiger partial charge on any atom is 0.320 e. The highest BCUT2D eigenvalue weighted by Gasteiger charge is 2.22. The van der Waals surface area contributed by atoms with E-state index in [2.05, 4.69) is 6.92 Å². The van der Waals surface area contributed by atoms with E-state index in [1.807, 2.05) is 0 Å². The Kier molecular flexibility index (Phi) is 21.3. The van der Waals surface area contributed by atoms with Gasteiger partial charge < -0.3 is 15.7 Å². The molecule has 0 aliphatic heterocycles. The second kappa shape index (κ2) is 20.1. The lowest BCUT2D eigenvalue weighted by Crippen LogP contribution is -2.38. The number of carbonyl (C=O) groups is 1. The minimum Gasteiger partial charge on any atom is -0.480 e. The van der Waals surface area contributed by atoms with Crippen molar-refractivity contribution in [1.82, 2.24) is 4.90 Å². The molecule has 0 heterocycles. The molecule has 0 aromatic carbocycles. The van der Waals surface area contributed by atoms with Gasteiger partial charge in [0.25, 0.3) is 0 Å². The number of likely N-dealkylation sites (N-methyl/N-ethyl adjacent to an activating group) is 1. The SMILES string of the molecule is CCCCCCCCCCCCCCCCC(O)CC(C(=O)O)N(C)C.O. The minimum absolute atomic E-state index is 0. The van der Waals surface area contributed by atoms with E-state index >= 15 is 0 Å². The second-order valence-electron chi connectivity index (χ2n) is 8.09. The van der Waals surface area contributed by atoms with Crippen LogP contribution in [0.25, 0.3) is 0 Å². The fourth-order valence-electron chi connectivity index (χ4n) is 3.48. The van der Waals surface area contributed by atoms with E-state index in [1.54, 1.807) is 19.0 Å². The van der Waals surface area contributed by atoms with Crippen molar-refractivity contribution in [3.63, 3.8) is 0 Å². The third-order valence-corrected chi connectivity index (χ3v) is 5.29. The van der Waals surface area contributed by atoms with Crippen LogP contribution in [-0.4, -0.2) is 52.8 Å². The van der Waals surface area contributed by atoms with Gasteiger partial charge in [-0.3, -0.25) is 9.69 Å². The summed E-state index contributed by atoms with van der Waals surface area (Å²) in [7, 11) is 3.50. The van der Waals surface area contributed by atoms with Crippen LogP contribution in [-0.2, 0) is 4.79 Å². The van der Waals surface area contributed by atoms with Crippen LogP contribution < -0.4 is 0 Å². The van der Waals surface area contributed by atoms with Gasteiger partial charge in [-0.25, -0.2) is 0 Å². The second-order valence-corrected chi connectivity index (χ2v) is 8.09. The quantitative estimate of drug-likeness (QED) is 0.310. The molecular weight excluding hydrogens is 342 g/mol. The molecule has 2 atom stereocenters. The summed E-state index contributed by atoms with van der Waals surface area (Å²) in [4.78, 5) is 12.8. The number of unbranched alkanes of at least 4 members (excludes halogenated alkanes) is 13. The lowest BCUT2D eigenvalue weighted by atomic mass is 10.0. The molecule has 0 rings (SSSR count). The molecule has 164 valence electrons. The Morgan fingerprint density at radius 2 is 1.15 bits per heavy atom. The summed E-state index contributed by atoms with van der Waals surface area (Å²) in [5, 5.41) is 19.2. The van der Waals surface area contributed by atoms with Crippen LogP contribution in [0.1, 0.15) is 110 Å². The van der Waals surface area contributed by atoms with Crippen LogP contribution in [0.4, 0.5) is 0 Å². The highest BCUT2D eigenvalue weighted by Crippen LogP contribution is 2.15. The molecule has 0 spiro atoms. The number of nitrogens with zero attached hydrogens (tertiary/aromatic N) is 1. The Morgan fingerprint density at radius 3 is 1.48 bits per heavy atom. The molecule has 0 saturated heterocycles. The lowest BCUT2D eigenvalue weighted by molar-refractivity contribution is -0.143. The molecule has 0 aliphatic rings. The molecule has 5 heteroatoms. The highest BCUT2D eigenvalue weighted by molar-refractivity contribution is 5.73. The van der Waals surface area contributed by atoms with Crippen molar-refractivity contribution < 1.29 is 20.5 Å². The van der Waals surface area contributed by atoms with Crippen LogP contribution >= 0.6 is 0 Å². The van der Waals surface area contributed by atoms with Gasteiger partial charge in [-0.15, -0.1) is 0 Å². The third kappa shape index (κ3) is 18.5. The molecule has 0 aromatic rings. The van der Waals surface area contributed by atoms with Crippen molar-refractivity contribution in [2.75, 3.05) is 14.1 Å². The number of carboxylic acid groups (broad SMARTS) is 1. The van der Waals surface area contributed by atoms with Crippen LogP contribution in [0.2, 0.25) is 0 Å². The van der Waals surface area contributed by atoms with Crippen LogP contribution in [0.15, 0.2) is 0 Å². The fraction of sp³-hybridized carbons (Fsp3) is 0.955. The average Bonchev–Trinajstić information content (AvgIpc) is 2.59. The Hall–Kier alpha value is -0.650. The number of aliphatic hydroxyl groups excluding tert-OH is 1. The van der Waals surface area contributed by atoms with Crippen molar-refractivity contribution in [2.45, 2.75) is 122 Å². The Labute approximate surface area is 167 Å². The summed E-state index contributed by atoms with van der Waals surface area (Å²) in [5.74, 6) is -0.852. The first-order valence-electron chi connectivity index (χ1n) is 11.1. The van der Waals surface area contributed by atoms with E-state index in [1.165, 1.54) is 77.0 Å². The van der Waals surface area contributed by atoms with Gasteiger partial charge in [0.2, 0.25) is 0 Å². The van der Waals surface area contributed by atoms with Crippen LogP contribution in [0.5, 0.6) is 0 Å². The molecule has 27 heavy (non-hydrogen) atoms. The molecule has 0 aliphatic carbocycles. The molecule has 5 nitrogen and oxygen atoms in total. The maximum atomic E-state index is 11.1. The topological polar surface area (TPSA) is 92.3 Å². The van der Waals surface area contributed by atoms with E-state index in [0.717, 1.165) is 19.3 Å². The summed E-state index contributed by atoms with van der Waals surface area (Å²) in [5.41, 5.74) is 0. The first-order valence-corrected chi connectivity index (χ1v) is 11.1. The van der Waals surface area contributed by atoms with Crippen molar-refractivity contribution >= 4 is 5.97 Å². The normalized spacial score (nSPS) is 13.4. The number of aliphatic hydroxyl groups is 1. The van der Waals surface area contributed by atoms with Gasteiger partial charge in [-0.1, -0.05) is 96.8 Å². The van der Waals surface area contributed by atoms with Crippen molar-refractivity contribution in [2.24, 2.45) is 0 Å². The molecule has 4 N–H and O–H groups in total. The molecule has 0 saturated carbocycles. The predicted octanol–water partition coefficient (Wildman–Crippen LogP) is 4.80. The van der Waals surface area contributed by atoms with E-state index < -0.39 is 18.1 Å². The van der Waals surface area contributed by atoms with Crippen LogP contribution in [0, 0.1) is 0 Å². The molecule has 0 bridgehead atoms.